The van der Waals surface area contributed by atoms with Gasteiger partial charge in [-0.3, -0.25) is 19.2 Å². The third-order valence-electron chi connectivity index (χ3n) is 6.79. The summed E-state index contributed by atoms with van der Waals surface area (Å²) >= 11 is 0. The predicted octanol–water partition coefficient (Wildman–Crippen LogP) is 6.05. The van der Waals surface area contributed by atoms with Gasteiger partial charge in [0.15, 0.2) is 0 Å². The van der Waals surface area contributed by atoms with Crippen molar-refractivity contribution in [1.82, 2.24) is 5.32 Å². The molecular formula is C33H37F2N3O5. The number of carbonyl (C=O) groups is 4. The molecular weight excluding hydrogens is 556 g/mol. The zero-order valence-corrected chi connectivity index (χ0v) is 24.7. The summed E-state index contributed by atoms with van der Waals surface area (Å²) < 4.78 is 31.5. The van der Waals surface area contributed by atoms with Crippen LogP contribution in [0, 0.1) is 28.9 Å². The maximum atomic E-state index is 13.4. The molecule has 3 rings (SSSR count). The number of allylic oxidation sites excluding steroid dienone is 4. The van der Waals surface area contributed by atoms with Crippen LogP contribution in [0.15, 0.2) is 84.1 Å². The number of nitrogens with one attached hydrogen (secondary N) is 3. The van der Waals surface area contributed by atoms with Crippen molar-refractivity contribution in [1.29, 1.82) is 0 Å². The summed E-state index contributed by atoms with van der Waals surface area (Å²) in [4.78, 5) is 51.2. The third kappa shape index (κ3) is 10.6. The Morgan fingerprint density at radius 1 is 0.837 bits per heavy atom. The maximum Gasteiger partial charge on any atom is 0.305 e. The molecule has 1 atom stereocenters. The number of carbonyl (C=O) groups excluding carboxylic acids is 4. The Balaban J connectivity index is 1.72. The molecule has 8 nitrogen and oxygen atoms in total. The van der Waals surface area contributed by atoms with E-state index >= 15 is 0 Å². The van der Waals surface area contributed by atoms with Crippen molar-refractivity contribution < 1.29 is 32.7 Å². The van der Waals surface area contributed by atoms with Gasteiger partial charge in [0, 0.05) is 29.9 Å². The topological polar surface area (TPSA) is 114 Å². The molecule has 1 unspecified atom stereocenters. The smallest absolute Gasteiger partial charge is 0.305 e. The molecule has 1 aliphatic rings. The second-order valence-electron chi connectivity index (χ2n) is 11.3. The summed E-state index contributed by atoms with van der Waals surface area (Å²) in [5.41, 5.74) is 1.11. The van der Waals surface area contributed by atoms with Gasteiger partial charge in [-0.25, -0.2) is 8.78 Å². The number of hydrogen-bond donors (Lipinski definition) is 3. The molecule has 0 radical (unpaired) electrons. The first kappa shape index (κ1) is 32.9. The van der Waals surface area contributed by atoms with Gasteiger partial charge in [-0.1, -0.05) is 39.0 Å². The highest BCUT2D eigenvalue weighted by atomic mass is 19.1. The molecule has 0 fully saturated rings. The average molecular weight is 594 g/mol. The lowest BCUT2D eigenvalue weighted by molar-refractivity contribution is -0.141. The molecule has 43 heavy (non-hydrogen) atoms. The fraction of sp³-hybridized carbons (Fsp3) is 0.333. The minimum Gasteiger partial charge on any atom is -0.469 e. The van der Waals surface area contributed by atoms with Gasteiger partial charge in [0.25, 0.3) is 0 Å². The highest BCUT2D eigenvalue weighted by molar-refractivity contribution is 6.13. The summed E-state index contributed by atoms with van der Waals surface area (Å²) in [6.45, 7) is 5.86. The second kappa shape index (κ2) is 15.0. The normalized spacial score (nSPS) is 13.7. The first-order chi connectivity index (χ1) is 20.3. The van der Waals surface area contributed by atoms with E-state index in [0.717, 1.165) is 0 Å². The van der Waals surface area contributed by atoms with Crippen LogP contribution in [-0.4, -0.2) is 30.8 Å². The molecule has 3 N–H and O–H groups in total. The van der Waals surface area contributed by atoms with Crippen LogP contribution in [0.3, 0.4) is 0 Å². The molecule has 228 valence electrons. The van der Waals surface area contributed by atoms with Crippen LogP contribution in [0.25, 0.3) is 0 Å². The molecule has 0 aliphatic heterocycles. The second-order valence-corrected chi connectivity index (χ2v) is 11.3. The molecule has 10 heteroatoms. The monoisotopic (exact) mass is 593 g/mol. The van der Waals surface area contributed by atoms with Crippen molar-refractivity contribution in [3.05, 3.63) is 95.7 Å². The Morgan fingerprint density at radius 3 is 1.88 bits per heavy atom. The van der Waals surface area contributed by atoms with Crippen LogP contribution in [0.1, 0.15) is 46.5 Å². The Morgan fingerprint density at radius 2 is 1.37 bits per heavy atom. The molecule has 0 bridgehead atoms. The van der Waals surface area contributed by atoms with Crippen molar-refractivity contribution in [2.75, 3.05) is 17.7 Å². The van der Waals surface area contributed by atoms with E-state index in [2.05, 4.69) is 16.0 Å². The SMILES string of the molecule is COC(=O)CC(C)CC(C)(C)CC(=O)NC1=CCC=C(C(C(=O)Nc2ccc(F)cc2)C(=O)Nc2ccc(F)cc2)C=C1. The third-order valence-corrected chi connectivity index (χ3v) is 6.79. The Labute approximate surface area is 250 Å². The fourth-order valence-electron chi connectivity index (χ4n) is 4.96. The summed E-state index contributed by atoms with van der Waals surface area (Å²) in [6, 6.07) is 10.3. The van der Waals surface area contributed by atoms with Crippen LogP contribution in [0.5, 0.6) is 0 Å². The van der Waals surface area contributed by atoms with Gasteiger partial charge >= 0.3 is 5.97 Å². The number of halogens is 2. The van der Waals surface area contributed by atoms with Crippen molar-refractivity contribution in [2.24, 2.45) is 17.3 Å². The lowest BCUT2D eigenvalue weighted by Gasteiger charge is -2.27. The van der Waals surface area contributed by atoms with E-state index in [-0.39, 0.29) is 36.1 Å². The largest absolute Gasteiger partial charge is 0.469 e. The van der Waals surface area contributed by atoms with E-state index in [1.807, 2.05) is 20.8 Å². The predicted molar refractivity (Wildman–Crippen MR) is 160 cm³/mol. The first-order valence-corrected chi connectivity index (χ1v) is 13.9. The number of esters is 1. The summed E-state index contributed by atoms with van der Waals surface area (Å²) in [7, 11) is 1.35. The maximum absolute atomic E-state index is 13.4. The van der Waals surface area contributed by atoms with Gasteiger partial charge in [-0.05, 0) is 84.4 Å². The molecule has 2 aromatic rings. The zero-order valence-electron chi connectivity index (χ0n) is 24.7. The van der Waals surface area contributed by atoms with Gasteiger partial charge in [-0.15, -0.1) is 0 Å². The molecule has 0 aromatic heterocycles. The number of benzene rings is 2. The van der Waals surface area contributed by atoms with E-state index in [0.29, 0.717) is 35.5 Å². The van der Waals surface area contributed by atoms with Crippen LogP contribution < -0.4 is 16.0 Å². The molecule has 0 spiro atoms. The number of ether oxygens (including phenoxy) is 1. The van der Waals surface area contributed by atoms with E-state index in [1.165, 1.54) is 55.6 Å². The lowest BCUT2D eigenvalue weighted by Crippen LogP contribution is -2.35. The Hall–Kier alpha value is -4.60. The van der Waals surface area contributed by atoms with Gasteiger partial charge < -0.3 is 20.7 Å². The van der Waals surface area contributed by atoms with Crippen LogP contribution in [-0.2, 0) is 23.9 Å². The quantitative estimate of drug-likeness (QED) is 0.205. The number of anilines is 2. The van der Waals surface area contributed by atoms with Crippen LogP contribution in [0.4, 0.5) is 20.2 Å². The number of amides is 3. The molecule has 0 heterocycles. The summed E-state index contributed by atoms with van der Waals surface area (Å²) in [6.07, 6.45) is 8.12. The zero-order chi connectivity index (χ0) is 31.6. The molecule has 0 saturated heterocycles. The van der Waals surface area contributed by atoms with Crippen LogP contribution >= 0.6 is 0 Å². The van der Waals surface area contributed by atoms with Gasteiger partial charge in [0.2, 0.25) is 17.7 Å². The average Bonchev–Trinajstić information content (AvgIpc) is 3.15. The highest BCUT2D eigenvalue weighted by Crippen LogP contribution is 2.31. The van der Waals surface area contributed by atoms with Crippen molar-refractivity contribution >= 4 is 35.1 Å². The van der Waals surface area contributed by atoms with E-state index in [4.69, 9.17) is 4.74 Å². The van der Waals surface area contributed by atoms with Gasteiger partial charge in [-0.2, -0.15) is 0 Å². The number of hydrogen-bond acceptors (Lipinski definition) is 5. The minimum atomic E-state index is -1.31. The summed E-state index contributed by atoms with van der Waals surface area (Å²) in [5, 5.41) is 8.18. The number of methoxy groups -OCH3 is 1. The molecule has 2 aromatic carbocycles. The van der Waals surface area contributed by atoms with Crippen molar-refractivity contribution in [2.45, 2.75) is 46.5 Å². The van der Waals surface area contributed by atoms with Gasteiger partial charge in [0.1, 0.15) is 17.6 Å². The van der Waals surface area contributed by atoms with E-state index in [1.54, 1.807) is 24.3 Å². The molecule has 3 amide bonds. The van der Waals surface area contributed by atoms with Crippen molar-refractivity contribution in [3.8, 4) is 0 Å². The Kier molecular flexibility index (Phi) is 11.5. The van der Waals surface area contributed by atoms with E-state index < -0.39 is 29.4 Å². The molecule has 1 aliphatic carbocycles. The fourth-order valence-corrected chi connectivity index (χ4v) is 4.96. The van der Waals surface area contributed by atoms with Crippen molar-refractivity contribution in [3.63, 3.8) is 0 Å². The molecule has 0 saturated carbocycles. The van der Waals surface area contributed by atoms with Crippen LogP contribution in [0.2, 0.25) is 0 Å². The number of rotatable bonds is 12. The standard InChI is InChI=1S/C33H37F2N3O5/c1-21(18-29(40)43-4)19-33(2,3)20-28(39)36-25-7-5-6-22(8-13-25)30(31(41)37-26-14-9-23(34)10-15-26)32(42)38-27-16-11-24(35)12-17-27/h6-17,21,30H,5,18-20H2,1-4H3,(H,36,39)(H,37,41)(H,38,42). The minimum absolute atomic E-state index is 0.0399. The van der Waals surface area contributed by atoms with E-state index in [9.17, 15) is 28.0 Å². The Bertz CT molecular complexity index is 1350. The van der Waals surface area contributed by atoms with Gasteiger partial charge in [0.05, 0.1) is 7.11 Å². The summed E-state index contributed by atoms with van der Waals surface area (Å²) in [5.74, 6) is -4.04. The highest BCUT2D eigenvalue weighted by Gasteiger charge is 2.31. The first-order valence-electron chi connectivity index (χ1n) is 13.9. The lowest BCUT2D eigenvalue weighted by atomic mass is 9.79.